The maximum Gasteiger partial charge on any atom is 0.408 e. The summed E-state index contributed by atoms with van der Waals surface area (Å²) < 4.78 is 69.6. The fraction of sp³-hybridized carbons (Fsp3) is 0.560. The van der Waals surface area contributed by atoms with Gasteiger partial charge in [-0.15, -0.1) is 0 Å². The molecule has 1 aliphatic carbocycles. The van der Waals surface area contributed by atoms with Gasteiger partial charge in [-0.05, 0) is 51.7 Å². The monoisotopic (exact) mass is 608 g/mol. The maximum absolute atomic E-state index is 13.1. The third-order valence-electron chi connectivity index (χ3n) is 7.28. The van der Waals surface area contributed by atoms with Crippen LogP contribution in [0.1, 0.15) is 50.0 Å². The number of anilines is 1. The predicted molar refractivity (Wildman–Crippen MR) is 144 cm³/mol. The van der Waals surface area contributed by atoms with Gasteiger partial charge in [0.2, 0.25) is 0 Å². The van der Waals surface area contributed by atoms with Gasteiger partial charge < -0.3 is 20.5 Å². The Balaban J connectivity index is 1.86. The smallest absolute Gasteiger partial charge is 0.408 e. The number of amides is 1. The van der Waals surface area contributed by atoms with E-state index in [0.717, 1.165) is 13.2 Å². The maximum atomic E-state index is 13.1. The highest BCUT2D eigenvalue weighted by molar-refractivity contribution is 7.91. The highest BCUT2D eigenvalue weighted by atomic mass is 35.5. The molecule has 0 unspecified atom stereocenters. The summed E-state index contributed by atoms with van der Waals surface area (Å²) in [6.45, 7) is 2.77. The molecule has 1 saturated carbocycles. The van der Waals surface area contributed by atoms with Crippen LogP contribution in [0, 0.1) is 5.41 Å². The van der Waals surface area contributed by atoms with Crippen LogP contribution in [-0.4, -0.2) is 72.6 Å². The van der Waals surface area contributed by atoms with Gasteiger partial charge in [0.15, 0.2) is 5.69 Å². The second kappa shape index (κ2) is 11.9. The molecule has 1 amide bonds. The van der Waals surface area contributed by atoms with Gasteiger partial charge in [-0.25, -0.2) is 8.42 Å². The Bertz CT molecular complexity index is 1370. The number of benzene rings is 1. The van der Waals surface area contributed by atoms with E-state index in [0.29, 0.717) is 11.3 Å². The summed E-state index contributed by atoms with van der Waals surface area (Å²) in [5.41, 5.74) is -0.667. The first-order valence-corrected chi connectivity index (χ1v) is 14.9. The molecule has 0 radical (unpaired) electrons. The molecule has 1 fully saturated rings. The van der Waals surface area contributed by atoms with Crippen LogP contribution < -0.4 is 15.4 Å². The van der Waals surface area contributed by atoms with Gasteiger partial charge in [0, 0.05) is 36.7 Å². The molecule has 2 aromatic rings. The molecule has 15 heteroatoms. The zero-order chi connectivity index (χ0) is 30.0. The molecule has 3 N–H and O–H groups in total. The lowest BCUT2D eigenvalue weighted by molar-refractivity contribution is -0.150. The molecule has 3 rings (SSSR count). The van der Waals surface area contributed by atoms with Crippen LogP contribution in [0.2, 0.25) is 5.02 Å². The lowest BCUT2D eigenvalue weighted by Crippen LogP contribution is -2.47. The lowest BCUT2D eigenvalue weighted by Gasteiger charge is -2.36. The van der Waals surface area contributed by atoms with Crippen molar-refractivity contribution >= 4 is 39.0 Å². The van der Waals surface area contributed by atoms with Crippen molar-refractivity contribution in [2.75, 3.05) is 25.2 Å². The van der Waals surface area contributed by atoms with E-state index < -0.39 is 44.6 Å². The number of aryl methyl sites for hydroxylation is 1. The van der Waals surface area contributed by atoms with Crippen LogP contribution in [0.25, 0.3) is 11.3 Å². The predicted octanol–water partition coefficient (Wildman–Crippen LogP) is 4.38. The number of aromatic nitrogens is 2. The third-order valence-corrected chi connectivity index (χ3v) is 9.32. The average molecular weight is 609 g/mol. The van der Waals surface area contributed by atoms with Crippen LogP contribution in [0.4, 0.5) is 18.9 Å². The third kappa shape index (κ3) is 6.65. The van der Waals surface area contributed by atoms with Crippen molar-refractivity contribution < 1.29 is 41.0 Å². The number of nitrogens with zero attached hydrogens (tertiary/aromatic N) is 2. The minimum Gasteiger partial charge on any atom is -0.496 e. The van der Waals surface area contributed by atoms with Crippen molar-refractivity contribution in [1.29, 1.82) is 0 Å². The minimum atomic E-state index is -4.45. The number of hydrogen-bond acceptors (Lipinski definition) is 7. The second-order valence-electron chi connectivity index (χ2n) is 9.95. The van der Waals surface area contributed by atoms with Crippen LogP contribution in [0.5, 0.6) is 5.75 Å². The van der Waals surface area contributed by atoms with Crippen molar-refractivity contribution in [3.05, 3.63) is 28.9 Å². The number of carbonyl (C=O) groups is 2. The van der Waals surface area contributed by atoms with Crippen molar-refractivity contribution in [2.24, 2.45) is 5.41 Å². The van der Waals surface area contributed by atoms with Crippen molar-refractivity contribution in [3.63, 3.8) is 0 Å². The number of methoxy groups -OCH3 is 1. The summed E-state index contributed by atoms with van der Waals surface area (Å²) in [6.07, 6.45) is -2.84. The lowest BCUT2D eigenvalue weighted by atomic mass is 9.74. The zero-order valence-electron chi connectivity index (χ0n) is 22.4. The number of rotatable bonds is 10. The molecule has 1 aromatic heterocycles. The minimum absolute atomic E-state index is 0.0489. The Labute approximate surface area is 235 Å². The molecular weight excluding hydrogens is 577 g/mol. The van der Waals surface area contributed by atoms with Crippen molar-refractivity contribution in [2.45, 2.75) is 63.5 Å². The van der Waals surface area contributed by atoms with Gasteiger partial charge in [-0.2, -0.15) is 18.3 Å². The van der Waals surface area contributed by atoms with Crippen molar-refractivity contribution in [1.82, 2.24) is 15.1 Å². The number of aliphatic carboxylic acids is 1. The molecule has 0 bridgehead atoms. The number of hydrogen-bond donors (Lipinski definition) is 3. The van der Waals surface area contributed by atoms with E-state index in [-0.39, 0.29) is 60.9 Å². The number of carboxylic acids is 1. The first kappa shape index (κ1) is 31.5. The summed E-state index contributed by atoms with van der Waals surface area (Å²) in [7, 11) is -1.97. The number of halogens is 4. The van der Waals surface area contributed by atoms with Gasteiger partial charge in [0.05, 0.1) is 28.5 Å². The van der Waals surface area contributed by atoms with E-state index in [1.807, 2.05) is 0 Å². The largest absolute Gasteiger partial charge is 0.496 e. The molecule has 10 nitrogen and oxygen atoms in total. The highest BCUT2D eigenvalue weighted by Gasteiger charge is 2.44. The summed E-state index contributed by atoms with van der Waals surface area (Å²) in [5, 5.41) is 18.5. The van der Waals surface area contributed by atoms with Gasteiger partial charge in [-0.1, -0.05) is 11.6 Å². The van der Waals surface area contributed by atoms with E-state index in [1.165, 1.54) is 30.0 Å². The van der Waals surface area contributed by atoms with E-state index in [1.54, 1.807) is 6.92 Å². The number of alkyl halides is 3. The number of carboxylic acid groups (broad SMARTS) is 1. The Morgan fingerprint density at radius 1 is 1.30 bits per heavy atom. The van der Waals surface area contributed by atoms with Crippen molar-refractivity contribution in [3.8, 4) is 17.0 Å². The number of sulfone groups is 1. The molecular formula is C25H32ClF3N4O6S. The molecule has 222 valence electrons. The number of nitrogens with one attached hydrogen (secondary N) is 2. The molecule has 40 heavy (non-hydrogen) atoms. The SMILES string of the molecule is CCn1nc(C(=O)NC[C@]2(C(=O)O)CC[C@H](S(C)(=O)=O)CC2)c(Cl)c1-c1ccc(N[C@H](C)C(F)(F)F)cc1OC. The van der Waals surface area contributed by atoms with E-state index in [2.05, 4.69) is 15.7 Å². The Hall–Kier alpha value is -3.00. The molecule has 1 aliphatic rings. The van der Waals surface area contributed by atoms with Crippen LogP contribution in [-0.2, 0) is 21.2 Å². The van der Waals surface area contributed by atoms with E-state index in [9.17, 15) is 36.3 Å². The van der Waals surface area contributed by atoms with E-state index in [4.69, 9.17) is 16.3 Å². The summed E-state index contributed by atoms with van der Waals surface area (Å²) >= 11 is 6.59. The molecule has 1 heterocycles. The van der Waals surface area contributed by atoms with Gasteiger partial charge in [-0.3, -0.25) is 14.3 Å². The van der Waals surface area contributed by atoms with Gasteiger partial charge >= 0.3 is 12.1 Å². The first-order valence-electron chi connectivity index (χ1n) is 12.5. The average Bonchev–Trinajstić information content (AvgIpc) is 3.22. The molecule has 1 atom stereocenters. The van der Waals surface area contributed by atoms with Crippen LogP contribution >= 0.6 is 11.6 Å². The zero-order valence-corrected chi connectivity index (χ0v) is 24.0. The first-order chi connectivity index (χ1) is 18.5. The summed E-state index contributed by atoms with van der Waals surface area (Å²) in [6, 6.07) is 2.50. The number of carbonyl (C=O) groups excluding carboxylic acids is 1. The van der Waals surface area contributed by atoms with Gasteiger partial charge in [0.25, 0.3) is 5.91 Å². The second-order valence-corrected chi connectivity index (χ2v) is 12.7. The van der Waals surface area contributed by atoms with Crippen LogP contribution in [0.3, 0.4) is 0 Å². The normalized spacial score (nSPS) is 20.6. The molecule has 0 spiro atoms. The Kier molecular flexibility index (Phi) is 9.34. The Morgan fingerprint density at radius 3 is 2.42 bits per heavy atom. The number of ether oxygens (including phenoxy) is 1. The quantitative estimate of drug-likeness (QED) is 0.361. The Morgan fingerprint density at radius 2 is 1.93 bits per heavy atom. The van der Waals surface area contributed by atoms with Gasteiger partial charge in [0.1, 0.15) is 21.6 Å². The summed E-state index contributed by atoms with van der Waals surface area (Å²) in [4.78, 5) is 25.3. The fourth-order valence-corrected chi connectivity index (χ4v) is 6.17. The molecule has 0 aliphatic heterocycles. The molecule has 0 saturated heterocycles. The standard InChI is InChI=1S/C25H32ClF3N4O6S/c1-5-33-21(17-7-6-15(12-18(17)39-3)31-14(2)25(27,28)29)19(26)20(32-33)22(34)30-13-24(23(35)36)10-8-16(9-11-24)40(4,37)38/h6-7,12,14,16,31H,5,8-11,13H2,1-4H3,(H,30,34)(H,35,36)/t14-,16-,24-/m1/s1. The van der Waals surface area contributed by atoms with E-state index >= 15 is 0 Å². The van der Waals surface area contributed by atoms with Crippen LogP contribution in [0.15, 0.2) is 18.2 Å². The molecule has 1 aromatic carbocycles. The highest BCUT2D eigenvalue weighted by Crippen LogP contribution is 2.40. The summed E-state index contributed by atoms with van der Waals surface area (Å²) in [5.74, 6) is -1.67. The fourth-order valence-electron chi connectivity index (χ4n) is 4.75. The topological polar surface area (TPSA) is 140 Å².